The lowest BCUT2D eigenvalue weighted by Gasteiger charge is -2.15. The Morgan fingerprint density at radius 3 is 2.54 bits per heavy atom. The number of ketones is 1. The van der Waals surface area contributed by atoms with E-state index in [-0.39, 0.29) is 41.1 Å². The predicted octanol–water partition coefficient (Wildman–Crippen LogP) is 4.37. The van der Waals surface area contributed by atoms with Crippen molar-refractivity contribution in [1.29, 1.82) is 0 Å². The molecule has 0 bridgehead atoms. The standard InChI is InChI=1S/C21H30O5/c1-6-15(3)20(24)19-17(23)12-16(22)13-18(19)26-11-9-14(2)8-7-10-21(4,5)25/h7,9-10,12-13,15,22-23,25H,6,8,11H2,1-5H3/b10-7+,14-9+. The van der Waals surface area contributed by atoms with E-state index < -0.39 is 5.60 Å². The van der Waals surface area contributed by atoms with Gasteiger partial charge in [0.05, 0.1) is 5.60 Å². The van der Waals surface area contributed by atoms with Crippen molar-refractivity contribution in [3.8, 4) is 17.2 Å². The molecule has 5 heteroatoms. The van der Waals surface area contributed by atoms with Crippen molar-refractivity contribution < 1.29 is 24.9 Å². The number of ether oxygens (including phenoxy) is 1. The third-order valence-corrected chi connectivity index (χ3v) is 4.01. The van der Waals surface area contributed by atoms with Crippen LogP contribution in [0, 0.1) is 5.92 Å². The second-order valence-electron chi connectivity index (χ2n) is 7.13. The molecule has 144 valence electrons. The number of phenolic OH excluding ortho intramolecular Hbond substituents is 2. The Hall–Kier alpha value is -2.27. The largest absolute Gasteiger partial charge is 0.508 e. The zero-order valence-electron chi connectivity index (χ0n) is 16.2. The number of aromatic hydroxyl groups is 2. The fourth-order valence-electron chi connectivity index (χ4n) is 2.27. The molecule has 0 radical (unpaired) electrons. The van der Waals surface area contributed by atoms with Gasteiger partial charge in [-0.1, -0.05) is 31.6 Å². The highest BCUT2D eigenvalue weighted by Crippen LogP contribution is 2.35. The van der Waals surface area contributed by atoms with E-state index in [9.17, 15) is 20.1 Å². The van der Waals surface area contributed by atoms with Gasteiger partial charge in [-0.15, -0.1) is 0 Å². The van der Waals surface area contributed by atoms with E-state index in [0.29, 0.717) is 12.8 Å². The molecule has 1 unspecified atom stereocenters. The maximum Gasteiger partial charge on any atom is 0.173 e. The normalized spacial score (nSPS) is 13.8. The molecule has 0 aromatic heterocycles. The summed E-state index contributed by atoms with van der Waals surface area (Å²) in [4.78, 5) is 12.5. The quantitative estimate of drug-likeness (QED) is 0.448. The highest BCUT2D eigenvalue weighted by Gasteiger charge is 2.23. The molecule has 1 aromatic carbocycles. The molecule has 1 atom stereocenters. The molecular weight excluding hydrogens is 332 g/mol. The van der Waals surface area contributed by atoms with Crippen LogP contribution in [0.2, 0.25) is 0 Å². The molecule has 0 saturated heterocycles. The van der Waals surface area contributed by atoms with Gasteiger partial charge in [0, 0.05) is 18.1 Å². The van der Waals surface area contributed by atoms with Crippen molar-refractivity contribution in [2.24, 2.45) is 5.92 Å². The fraction of sp³-hybridized carbons (Fsp3) is 0.476. The molecule has 5 nitrogen and oxygen atoms in total. The van der Waals surface area contributed by atoms with Gasteiger partial charge in [0.25, 0.3) is 0 Å². The van der Waals surface area contributed by atoms with Crippen LogP contribution in [0.25, 0.3) is 0 Å². The first-order valence-corrected chi connectivity index (χ1v) is 8.83. The van der Waals surface area contributed by atoms with Crippen molar-refractivity contribution >= 4 is 5.78 Å². The molecule has 1 aromatic rings. The number of aliphatic hydroxyl groups is 1. The summed E-state index contributed by atoms with van der Waals surface area (Å²) in [6.07, 6.45) is 6.76. The topological polar surface area (TPSA) is 87.0 Å². The zero-order chi connectivity index (χ0) is 19.9. The second kappa shape index (κ2) is 9.43. The summed E-state index contributed by atoms with van der Waals surface area (Å²) in [5.74, 6) is -0.735. The highest BCUT2D eigenvalue weighted by atomic mass is 16.5. The molecule has 0 fully saturated rings. The van der Waals surface area contributed by atoms with Crippen LogP contribution < -0.4 is 4.74 Å². The molecule has 0 spiro atoms. The van der Waals surface area contributed by atoms with Gasteiger partial charge < -0.3 is 20.1 Å². The van der Waals surface area contributed by atoms with Gasteiger partial charge in [0.15, 0.2) is 5.78 Å². The monoisotopic (exact) mass is 362 g/mol. The van der Waals surface area contributed by atoms with Crippen LogP contribution in [-0.4, -0.2) is 33.3 Å². The lowest BCUT2D eigenvalue weighted by molar-refractivity contribution is 0.0920. The molecule has 0 heterocycles. The molecule has 0 aliphatic carbocycles. The van der Waals surface area contributed by atoms with Crippen LogP contribution in [0.4, 0.5) is 0 Å². The van der Waals surface area contributed by atoms with Crippen molar-refractivity contribution in [2.75, 3.05) is 6.61 Å². The van der Waals surface area contributed by atoms with Crippen LogP contribution in [0.5, 0.6) is 17.2 Å². The highest BCUT2D eigenvalue weighted by molar-refractivity contribution is 6.02. The van der Waals surface area contributed by atoms with Crippen molar-refractivity contribution in [1.82, 2.24) is 0 Å². The number of rotatable bonds is 9. The molecule has 0 aliphatic rings. The Balaban J connectivity index is 2.88. The Kier molecular flexibility index (Phi) is 7.90. The lowest BCUT2D eigenvalue weighted by Crippen LogP contribution is -2.13. The van der Waals surface area contributed by atoms with Crippen LogP contribution in [0.3, 0.4) is 0 Å². The Morgan fingerprint density at radius 1 is 1.31 bits per heavy atom. The Labute approximate surface area is 155 Å². The first kappa shape index (κ1) is 21.8. The maximum absolute atomic E-state index is 12.5. The molecule has 0 aliphatic heterocycles. The van der Waals surface area contributed by atoms with E-state index in [1.54, 1.807) is 26.8 Å². The van der Waals surface area contributed by atoms with Crippen LogP contribution in [0.1, 0.15) is 57.8 Å². The summed E-state index contributed by atoms with van der Waals surface area (Å²) in [6.45, 7) is 9.23. The molecule has 0 saturated carbocycles. The van der Waals surface area contributed by atoms with Crippen LogP contribution in [0.15, 0.2) is 35.9 Å². The average molecular weight is 362 g/mol. The number of hydrogen-bond donors (Lipinski definition) is 3. The van der Waals surface area contributed by atoms with Crippen molar-refractivity contribution in [3.05, 3.63) is 41.5 Å². The number of benzene rings is 1. The van der Waals surface area contributed by atoms with Crippen LogP contribution >= 0.6 is 0 Å². The second-order valence-corrected chi connectivity index (χ2v) is 7.13. The summed E-state index contributed by atoms with van der Waals surface area (Å²) in [6, 6.07) is 2.48. The Morgan fingerprint density at radius 2 is 1.96 bits per heavy atom. The van der Waals surface area contributed by atoms with E-state index in [2.05, 4.69) is 0 Å². The van der Waals surface area contributed by atoms with Crippen LogP contribution in [-0.2, 0) is 0 Å². The summed E-state index contributed by atoms with van der Waals surface area (Å²) < 4.78 is 5.64. The third-order valence-electron chi connectivity index (χ3n) is 4.01. The van der Waals surface area contributed by atoms with E-state index in [1.807, 2.05) is 26.0 Å². The minimum atomic E-state index is -0.846. The van der Waals surface area contributed by atoms with Gasteiger partial charge in [-0.2, -0.15) is 0 Å². The Bertz CT molecular complexity index is 680. The minimum Gasteiger partial charge on any atom is -0.508 e. The van der Waals surface area contributed by atoms with Gasteiger partial charge in [0.2, 0.25) is 0 Å². The molecule has 1 rings (SSSR count). The van der Waals surface area contributed by atoms with E-state index in [0.717, 1.165) is 11.6 Å². The number of phenols is 2. The smallest absolute Gasteiger partial charge is 0.173 e. The maximum atomic E-state index is 12.5. The lowest BCUT2D eigenvalue weighted by atomic mass is 9.95. The first-order chi connectivity index (χ1) is 12.0. The number of carbonyl (C=O) groups excluding carboxylic acids is 1. The molecule has 26 heavy (non-hydrogen) atoms. The molecular formula is C21H30O5. The number of allylic oxidation sites excluding steroid dienone is 2. The third kappa shape index (κ3) is 6.92. The van der Waals surface area contributed by atoms with E-state index >= 15 is 0 Å². The number of hydrogen-bond acceptors (Lipinski definition) is 5. The molecule has 0 amide bonds. The molecule has 3 N–H and O–H groups in total. The summed E-state index contributed by atoms with van der Waals surface area (Å²) >= 11 is 0. The number of carbonyl (C=O) groups is 1. The summed E-state index contributed by atoms with van der Waals surface area (Å²) in [5, 5.41) is 29.4. The average Bonchev–Trinajstić information content (AvgIpc) is 2.51. The van der Waals surface area contributed by atoms with E-state index in [4.69, 9.17) is 4.74 Å². The summed E-state index contributed by atoms with van der Waals surface area (Å²) in [7, 11) is 0. The van der Waals surface area contributed by atoms with Crippen molar-refractivity contribution in [3.63, 3.8) is 0 Å². The van der Waals surface area contributed by atoms with Gasteiger partial charge >= 0.3 is 0 Å². The predicted molar refractivity (Wildman–Crippen MR) is 103 cm³/mol. The SMILES string of the molecule is CCC(C)C(=O)c1c(O)cc(O)cc1OC/C=C(\C)C/C=C/C(C)(C)O. The van der Waals surface area contributed by atoms with Gasteiger partial charge in [0.1, 0.15) is 29.4 Å². The first-order valence-electron chi connectivity index (χ1n) is 8.83. The van der Waals surface area contributed by atoms with E-state index in [1.165, 1.54) is 6.07 Å². The van der Waals surface area contributed by atoms with Gasteiger partial charge in [-0.05, 0) is 39.7 Å². The zero-order valence-corrected chi connectivity index (χ0v) is 16.2. The fourth-order valence-corrected chi connectivity index (χ4v) is 2.27. The van der Waals surface area contributed by atoms with Gasteiger partial charge in [-0.3, -0.25) is 4.79 Å². The summed E-state index contributed by atoms with van der Waals surface area (Å²) in [5.41, 5.74) is 0.288. The van der Waals surface area contributed by atoms with Crippen molar-refractivity contribution in [2.45, 2.75) is 53.1 Å². The minimum absolute atomic E-state index is 0.102. The number of Topliss-reactive ketones (excluding diaryl/α,β-unsaturated/α-hetero) is 1. The van der Waals surface area contributed by atoms with Gasteiger partial charge in [-0.25, -0.2) is 0 Å².